The van der Waals surface area contributed by atoms with Crippen molar-refractivity contribution in [3.8, 4) is 22.3 Å². The molecule has 0 aromatic heterocycles. The van der Waals surface area contributed by atoms with Crippen LogP contribution in [0.3, 0.4) is 0 Å². The Bertz CT molecular complexity index is 988. The van der Waals surface area contributed by atoms with Crippen LogP contribution in [0.15, 0.2) is 66.7 Å². The predicted octanol–water partition coefficient (Wildman–Crippen LogP) is 8.59. The molecule has 0 aliphatic carbocycles. The summed E-state index contributed by atoms with van der Waals surface area (Å²) in [6.07, 6.45) is 6.68. The molecule has 1 fully saturated rings. The minimum atomic E-state index is -0.554. The molecule has 4 rings (SSSR count). The maximum absolute atomic E-state index is 14.6. The highest BCUT2D eigenvalue weighted by Crippen LogP contribution is 2.40. The van der Waals surface area contributed by atoms with E-state index in [2.05, 4.69) is 25.1 Å². The second-order valence-electron chi connectivity index (χ2n) is 9.01. The SMILES string of the molecule is CCCCC[Si@H]1CC[C@H](c2ccc(-c3ccccc3F)c(-c3ccc(F)cc3)c2)CC1. The van der Waals surface area contributed by atoms with Gasteiger partial charge in [0.1, 0.15) is 11.6 Å². The van der Waals surface area contributed by atoms with Crippen LogP contribution < -0.4 is 0 Å². The molecule has 1 aliphatic heterocycles. The molecule has 1 heterocycles. The Morgan fingerprint density at radius 3 is 2.26 bits per heavy atom. The van der Waals surface area contributed by atoms with Crippen molar-refractivity contribution in [1.29, 1.82) is 0 Å². The van der Waals surface area contributed by atoms with Gasteiger partial charge in [-0.25, -0.2) is 8.78 Å². The Hall–Kier alpha value is -2.26. The van der Waals surface area contributed by atoms with Gasteiger partial charge in [0.05, 0.1) is 0 Å². The summed E-state index contributed by atoms with van der Waals surface area (Å²) in [5.74, 6) is 0.111. The first kappa shape index (κ1) is 21.9. The maximum atomic E-state index is 14.6. The van der Waals surface area contributed by atoms with Gasteiger partial charge in [0.15, 0.2) is 0 Å². The fourth-order valence-electron chi connectivity index (χ4n) is 5.07. The van der Waals surface area contributed by atoms with Crippen LogP contribution in [0, 0.1) is 11.6 Å². The van der Waals surface area contributed by atoms with E-state index in [9.17, 15) is 8.78 Å². The minimum Gasteiger partial charge on any atom is -0.207 e. The molecule has 0 saturated carbocycles. The molecular formula is C28H32F2Si. The van der Waals surface area contributed by atoms with Gasteiger partial charge in [-0.05, 0) is 59.2 Å². The molecule has 0 N–H and O–H groups in total. The average Bonchev–Trinajstić information content (AvgIpc) is 2.80. The highest BCUT2D eigenvalue weighted by atomic mass is 28.3. The third-order valence-corrected chi connectivity index (χ3v) is 10.4. The van der Waals surface area contributed by atoms with E-state index >= 15 is 0 Å². The fourth-order valence-corrected chi connectivity index (χ4v) is 8.55. The molecule has 0 spiro atoms. The quantitative estimate of drug-likeness (QED) is 0.258. The number of benzene rings is 3. The lowest BCUT2D eigenvalue weighted by molar-refractivity contribution is 0.603. The zero-order chi connectivity index (χ0) is 21.6. The third-order valence-electron chi connectivity index (χ3n) is 6.90. The first-order valence-electron chi connectivity index (χ1n) is 11.8. The molecule has 162 valence electrons. The Morgan fingerprint density at radius 1 is 0.806 bits per heavy atom. The fraction of sp³-hybridized carbons (Fsp3) is 0.357. The predicted molar refractivity (Wildman–Crippen MR) is 130 cm³/mol. The van der Waals surface area contributed by atoms with E-state index in [1.54, 1.807) is 18.2 Å². The molecule has 3 aromatic carbocycles. The number of halogens is 2. The molecule has 1 saturated heterocycles. The van der Waals surface area contributed by atoms with Crippen LogP contribution in [-0.2, 0) is 0 Å². The Balaban J connectivity index is 1.62. The van der Waals surface area contributed by atoms with Gasteiger partial charge in [0.25, 0.3) is 0 Å². The lowest BCUT2D eigenvalue weighted by Gasteiger charge is -2.28. The molecule has 0 unspecified atom stereocenters. The normalized spacial score (nSPS) is 18.8. The summed E-state index contributed by atoms with van der Waals surface area (Å²) in [5, 5.41) is 0. The molecule has 1 aliphatic rings. The molecule has 0 nitrogen and oxygen atoms in total. The summed E-state index contributed by atoms with van der Waals surface area (Å²) in [4.78, 5) is 0. The molecule has 0 bridgehead atoms. The number of rotatable bonds is 7. The van der Waals surface area contributed by atoms with Crippen LogP contribution in [0.2, 0.25) is 18.1 Å². The number of hydrogen-bond acceptors (Lipinski definition) is 0. The van der Waals surface area contributed by atoms with Gasteiger partial charge >= 0.3 is 0 Å². The molecule has 0 radical (unpaired) electrons. The Labute approximate surface area is 186 Å². The van der Waals surface area contributed by atoms with Gasteiger partial charge in [-0.3, -0.25) is 0 Å². The van der Waals surface area contributed by atoms with Crippen molar-refractivity contribution in [2.45, 2.75) is 63.1 Å². The van der Waals surface area contributed by atoms with Gasteiger partial charge in [0, 0.05) is 14.4 Å². The van der Waals surface area contributed by atoms with Crippen LogP contribution in [0.5, 0.6) is 0 Å². The molecule has 3 aromatic rings. The van der Waals surface area contributed by atoms with Crippen molar-refractivity contribution in [2.75, 3.05) is 0 Å². The lowest BCUT2D eigenvalue weighted by Crippen LogP contribution is -2.20. The van der Waals surface area contributed by atoms with E-state index in [-0.39, 0.29) is 11.6 Å². The van der Waals surface area contributed by atoms with Crippen molar-refractivity contribution in [1.82, 2.24) is 0 Å². The first-order valence-corrected chi connectivity index (χ1v) is 14.3. The summed E-state index contributed by atoms with van der Waals surface area (Å²) >= 11 is 0. The molecule has 31 heavy (non-hydrogen) atoms. The summed E-state index contributed by atoms with van der Waals surface area (Å²) in [6, 6.07) is 24.4. The Kier molecular flexibility index (Phi) is 7.34. The zero-order valence-electron chi connectivity index (χ0n) is 18.4. The first-order chi connectivity index (χ1) is 15.2. The standard InChI is InChI=1S/C28H32F2Si/c1-2-3-6-17-31-18-15-21(16-19-31)23-11-14-25(26-7-4-5-8-28(26)30)27(20-23)22-9-12-24(29)13-10-22/h4-5,7-14,20-21,31H,2-3,6,15-19H2,1H3/t21-,31-. The highest BCUT2D eigenvalue weighted by molar-refractivity contribution is 6.59. The van der Waals surface area contributed by atoms with Crippen LogP contribution >= 0.6 is 0 Å². The van der Waals surface area contributed by atoms with Crippen molar-refractivity contribution >= 4 is 8.80 Å². The number of unbranched alkanes of at least 4 members (excludes halogenated alkanes) is 2. The highest BCUT2D eigenvalue weighted by Gasteiger charge is 2.24. The van der Waals surface area contributed by atoms with Crippen LogP contribution in [0.1, 0.15) is 50.5 Å². The van der Waals surface area contributed by atoms with Crippen molar-refractivity contribution in [3.63, 3.8) is 0 Å². The van der Waals surface area contributed by atoms with E-state index in [4.69, 9.17) is 0 Å². The largest absolute Gasteiger partial charge is 0.207 e. The van der Waals surface area contributed by atoms with Crippen LogP contribution in [-0.4, -0.2) is 8.80 Å². The Morgan fingerprint density at radius 2 is 1.55 bits per heavy atom. The summed E-state index contributed by atoms with van der Waals surface area (Å²) < 4.78 is 28.2. The monoisotopic (exact) mass is 434 g/mol. The van der Waals surface area contributed by atoms with Gasteiger partial charge in [0.2, 0.25) is 0 Å². The summed E-state index contributed by atoms with van der Waals surface area (Å²) in [6.45, 7) is 2.28. The van der Waals surface area contributed by atoms with Gasteiger partial charge < -0.3 is 0 Å². The smallest absolute Gasteiger partial charge is 0.131 e. The average molecular weight is 435 g/mol. The summed E-state index contributed by atoms with van der Waals surface area (Å²) in [7, 11) is -0.554. The topological polar surface area (TPSA) is 0 Å². The lowest BCUT2D eigenvalue weighted by atomic mass is 9.87. The van der Waals surface area contributed by atoms with E-state index in [1.165, 1.54) is 74.0 Å². The van der Waals surface area contributed by atoms with E-state index in [0.29, 0.717) is 11.5 Å². The minimum absolute atomic E-state index is 0.225. The maximum Gasteiger partial charge on any atom is 0.131 e. The second-order valence-corrected chi connectivity index (χ2v) is 12.5. The molecule has 0 atom stereocenters. The van der Waals surface area contributed by atoms with Crippen molar-refractivity contribution in [3.05, 3.63) is 83.9 Å². The van der Waals surface area contributed by atoms with E-state index < -0.39 is 8.80 Å². The molecular weight excluding hydrogens is 402 g/mol. The molecule has 3 heteroatoms. The molecule has 0 amide bonds. The van der Waals surface area contributed by atoms with Gasteiger partial charge in [-0.1, -0.05) is 92.8 Å². The number of hydrogen-bond donors (Lipinski definition) is 0. The summed E-state index contributed by atoms with van der Waals surface area (Å²) in [5.41, 5.74) is 4.74. The van der Waals surface area contributed by atoms with Gasteiger partial charge in [-0.2, -0.15) is 0 Å². The zero-order valence-corrected chi connectivity index (χ0v) is 19.6. The second kappa shape index (κ2) is 10.4. The van der Waals surface area contributed by atoms with Gasteiger partial charge in [-0.15, -0.1) is 0 Å². The third kappa shape index (κ3) is 5.33. The van der Waals surface area contributed by atoms with E-state index in [1.807, 2.05) is 12.1 Å². The van der Waals surface area contributed by atoms with Crippen molar-refractivity contribution in [2.24, 2.45) is 0 Å². The van der Waals surface area contributed by atoms with Crippen LogP contribution in [0.4, 0.5) is 8.78 Å². The van der Waals surface area contributed by atoms with E-state index in [0.717, 1.165) is 16.7 Å². The van der Waals surface area contributed by atoms with Crippen LogP contribution in [0.25, 0.3) is 22.3 Å². The van der Waals surface area contributed by atoms with Crippen molar-refractivity contribution < 1.29 is 8.78 Å².